The highest BCUT2D eigenvalue weighted by Gasteiger charge is 2.07. The van der Waals surface area contributed by atoms with Crippen LogP contribution in [0.3, 0.4) is 0 Å². The molecular formula is C14H14INO2. The van der Waals surface area contributed by atoms with Gasteiger partial charge in [0.25, 0.3) is 0 Å². The molecule has 94 valence electrons. The van der Waals surface area contributed by atoms with E-state index < -0.39 is 6.10 Å². The van der Waals surface area contributed by atoms with E-state index in [2.05, 4.69) is 27.6 Å². The maximum Gasteiger partial charge on any atom is 0.145 e. The number of hydrogen-bond acceptors (Lipinski definition) is 3. The Hall–Kier alpha value is -1.14. The van der Waals surface area contributed by atoms with Gasteiger partial charge in [-0.05, 0) is 53.3 Å². The lowest BCUT2D eigenvalue weighted by Crippen LogP contribution is -1.98. The van der Waals surface area contributed by atoms with E-state index in [4.69, 9.17) is 4.74 Å². The molecule has 0 saturated heterocycles. The lowest BCUT2D eigenvalue weighted by atomic mass is 10.2. The summed E-state index contributed by atoms with van der Waals surface area (Å²) in [6.45, 7) is 1.92. The zero-order valence-electron chi connectivity index (χ0n) is 10.0. The number of aliphatic hydroxyl groups is 1. The zero-order valence-corrected chi connectivity index (χ0v) is 12.2. The van der Waals surface area contributed by atoms with E-state index in [0.717, 1.165) is 9.32 Å². The van der Waals surface area contributed by atoms with Crippen molar-refractivity contribution in [3.05, 3.63) is 51.9 Å². The second-order valence-electron chi connectivity index (χ2n) is 3.88. The van der Waals surface area contributed by atoms with Crippen molar-refractivity contribution in [1.29, 1.82) is 0 Å². The molecule has 0 aliphatic carbocycles. The average molecular weight is 355 g/mol. The summed E-state index contributed by atoms with van der Waals surface area (Å²) in [6, 6.07) is 11.4. The van der Waals surface area contributed by atoms with Gasteiger partial charge in [0.15, 0.2) is 0 Å². The quantitative estimate of drug-likeness (QED) is 0.846. The number of benzene rings is 1. The number of rotatable bonds is 4. The molecule has 0 amide bonds. The van der Waals surface area contributed by atoms with Gasteiger partial charge in [0.2, 0.25) is 0 Å². The van der Waals surface area contributed by atoms with Gasteiger partial charge in [-0.2, -0.15) is 0 Å². The average Bonchev–Trinajstić information content (AvgIpc) is 2.41. The van der Waals surface area contributed by atoms with Gasteiger partial charge in [0, 0.05) is 0 Å². The number of aliphatic hydroxyl groups excluding tert-OH is 1. The van der Waals surface area contributed by atoms with Crippen molar-refractivity contribution in [3.63, 3.8) is 0 Å². The van der Waals surface area contributed by atoms with Gasteiger partial charge in [0.1, 0.15) is 11.5 Å². The minimum Gasteiger partial charge on any atom is -0.455 e. The van der Waals surface area contributed by atoms with Crippen molar-refractivity contribution in [2.75, 3.05) is 0 Å². The summed E-state index contributed by atoms with van der Waals surface area (Å²) in [7, 11) is 0. The Morgan fingerprint density at radius 3 is 2.67 bits per heavy atom. The first kappa shape index (κ1) is 13.3. The molecule has 0 unspecified atom stereocenters. The fourth-order valence-electron chi connectivity index (χ4n) is 1.51. The van der Waals surface area contributed by atoms with Crippen LogP contribution in [-0.2, 0) is 0 Å². The predicted octanol–water partition coefficient (Wildman–Crippen LogP) is 3.92. The van der Waals surface area contributed by atoms with Gasteiger partial charge < -0.3 is 9.84 Å². The van der Waals surface area contributed by atoms with Gasteiger partial charge in [-0.1, -0.05) is 19.1 Å². The summed E-state index contributed by atoms with van der Waals surface area (Å²) in [4.78, 5) is 4.20. The van der Waals surface area contributed by atoms with Crippen molar-refractivity contribution < 1.29 is 9.84 Å². The van der Waals surface area contributed by atoms with E-state index >= 15 is 0 Å². The van der Waals surface area contributed by atoms with Crippen molar-refractivity contribution in [1.82, 2.24) is 4.98 Å². The molecule has 2 aromatic rings. The molecule has 0 fully saturated rings. The largest absolute Gasteiger partial charge is 0.455 e. The van der Waals surface area contributed by atoms with E-state index in [1.54, 1.807) is 12.3 Å². The Morgan fingerprint density at radius 1 is 1.28 bits per heavy atom. The van der Waals surface area contributed by atoms with Crippen molar-refractivity contribution in [2.24, 2.45) is 0 Å². The van der Waals surface area contributed by atoms with Crippen molar-refractivity contribution in [2.45, 2.75) is 19.4 Å². The number of hydrogen-bond donors (Lipinski definition) is 1. The van der Waals surface area contributed by atoms with Crippen molar-refractivity contribution >= 4 is 22.6 Å². The highest BCUT2D eigenvalue weighted by Crippen LogP contribution is 2.26. The number of ether oxygens (including phenoxy) is 1. The summed E-state index contributed by atoms with van der Waals surface area (Å²) in [5.74, 6) is 1.48. The third-order valence-corrected chi connectivity index (χ3v) is 3.44. The van der Waals surface area contributed by atoms with Crippen LogP contribution in [0, 0.1) is 3.57 Å². The SMILES string of the molecule is CC[C@H](O)c1ccc(Oc2ccccc2I)cn1. The number of pyridine rings is 1. The lowest BCUT2D eigenvalue weighted by molar-refractivity contribution is 0.169. The molecule has 1 aromatic heterocycles. The molecule has 0 saturated carbocycles. The van der Waals surface area contributed by atoms with Gasteiger partial charge in [-0.3, -0.25) is 4.98 Å². The lowest BCUT2D eigenvalue weighted by Gasteiger charge is -2.09. The Labute approximate surface area is 120 Å². The fraction of sp³-hybridized carbons (Fsp3) is 0.214. The van der Waals surface area contributed by atoms with E-state index in [0.29, 0.717) is 17.9 Å². The van der Waals surface area contributed by atoms with Gasteiger partial charge in [0.05, 0.1) is 21.6 Å². The maximum atomic E-state index is 9.65. The Balaban J connectivity index is 2.14. The topological polar surface area (TPSA) is 42.4 Å². The molecule has 1 atom stereocenters. The second kappa shape index (κ2) is 6.15. The Morgan fingerprint density at radius 2 is 2.06 bits per heavy atom. The van der Waals surface area contributed by atoms with Crippen LogP contribution >= 0.6 is 22.6 Å². The monoisotopic (exact) mass is 355 g/mol. The van der Waals surface area contributed by atoms with E-state index in [9.17, 15) is 5.11 Å². The van der Waals surface area contributed by atoms with Crippen LogP contribution in [0.1, 0.15) is 25.1 Å². The number of halogens is 1. The van der Waals surface area contributed by atoms with Crippen LogP contribution in [0.2, 0.25) is 0 Å². The fourth-order valence-corrected chi connectivity index (χ4v) is 2.01. The molecule has 3 nitrogen and oxygen atoms in total. The van der Waals surface area contributed by atoms with E-state index in [1.165, 1.54) is 0 Å². The normalized spacial score (nSPS) is 12.2. The molecule has 1 N–H and O–H groups in total. The molecule has 0 aliphatic heterocycles. The first-order chi connectivity index (χ1) is 8.70. The molecule has 1 aromatic carbocycles. The summed E-state index contributed by atoms with van der Waals surface area (Å²) in [5, 5.41) is 9.65. The van der Waals surface area contributed by atoms with Crippen LogP contribution in [0.5, 0.6) is 11.5 Å². The smallest absolute Gasteiger partial charge is 0.145 e. The third-order valence-electron chi connectivity index (χ3n) is 2.55. The van der Waals surface area contributed by atoms with Crippen LogP contribution in [0.25, 0.3) is 0 Å². The van der Waals surface area contributed by atoms with Crippen LogP contribution in [-0.4, -0.2) is 10.1 Å². The molecule has 0 bridgehead atoms. The van der Waals surface area contributed by atoms with Crippen LogP contribution < -0.4 is 4.74 Å². The molecule has 1 heterocycles. The first-order valence-corrected chi connectivity index (χ1v) is 6.85. The third kappa shape index (κ3) is 3.20. The number of aromatic nitrogens is 1. The highest BCUT2D eigenvalue weighted by atomic mass is 127. The second-order valence-corrected chi connectivity index (χ2v) is 5.04. The maximum absolute atomic E-state index is 9.65. The zero-order chi connectivity index (χ0) is 13.0. The van der Waals surface area contributed by atoms with E-state index in [1.807, 2.05) is 37.3 Å². The molecule has 18 heavy (non-hydrogen) atoms. The number of para-hydroxylation sites is 1. The first-order valence-electron chi connectivity index (χ1n) is 5.77. The predicted molar refractivity (Wildman–Crippen MR) is 78.7 cm³/mol. The standard InChI is InChI=1S/C14H14INO2/c1-2-13(17)12-8-7-10(9-16-12)18-14-6-4-3-5-11(14)15/h3-9,13,17H,2H2,1H3/t13-/m0/s1. The summed E-state index contributed by atoms with van der Waals surface area (Å²) in [6.07, 6.45) is 1.79. The summed E-state index contributed by atoms with van der Waals surface area (Å²) < 4.78 is 6.77. The molecule has 4 heteroatoms. The highest BCUT2D eigenvalue weighted by molar-refractivity contribution is 14.1. The number of nitrogens with zero attached hydrogens (tertiary/aromatic N) is 1. The Bertz CT molecular complexity index is 513. The molecule has 2 rings (SSSR count). The molecular weight excluding hydrogens is 341 g/mol. The summed E-state index contributed by atoms with van der Waals surface area (Å²) in [5.41, 5.74) is 0.674. The van der Waals surface area contributed by atoms with E-state index in [-0.39, 0.29) is 0 Å². The molecule has 0 aliphatic rings. The molecule has 0 radical (unpaired) electrons. The molecule has 0 spiro atoms. The van der Waals surface area contributed by atoms with Gasteiger partial charge in [-0.25, -0.2) is 0 Å². The minimum atomic E-state index is -0.504. The van der Waals surface area contributed by atoms with Gasteiger partial charge in [-0.15, -0.1) is 0 Å². The van der Waals surface area contributed by atoms with Crippen LogP contribution in [0.4, 0.5) is 0 Å². The minimum absolute atomic E-state index is 0.504. The van der Waals surface area contributed by atoms with Crippen molar-refractivity contribution in [3.8, 4) is 11.5 Å². The summed E-state index contributed by atoms with van der Waals surface area (Å²) >= 11 is 2.23. The van der Waals surface area contributed by atoms with Gasteiger partial charge >= 0.3 is 0 Å². The van der Waals surface area contributed by atoms with Crippen LogP contribution in [0.15, 0.2) is 42.6 Å². The Kier molecular flexibility index (Phi) is 4.54.